The van der Waals surface area contributed by atoms with Gasteiger partial charge in [0.1, 0.15) is 15.8 Å². The molecule has 0 aromatic heterocycles. The molecule has 0 heterocycles. The first-order valence-corrected chi connectivity index (χ1v) is 20.0. The maximum Gasteiger partial charge on any atom is 0.596 e. The van der Waals surface area contributed by atoms with Gasteiger partial charge in [-0.05, 0) is 82.7 Å². The van der Waals surface area contributed by atoms with Crippen LogP contribution in [0.1, 0.15) is 120 Å². The van der Waals surface area contributed by atoms with Crippen molar-refractivity contribution in [1.29, 1.82) is 0 Å². The number of phosphoric ester groups is 1. The highest BCUT2D eigenvalue weighted by Gasteiger charge is 2.40. The summed E-state index contributed by atoms with van der Waals surface area (Å²) < 4.78 is 39.7. The summed E-state index contributed by atoms with van der Waals surface area (Å²) in [5, 5.41) is 2.04. The maximum absolute atomic E-state index is 13.3. The Morgan fingerprint density at radius 3 is 1.29 bits per heavy atom. The third-order valence-corrected chi connectivity index (χ3v) is 11.6. The minimum atomic E-state index is -5.19. The van der Waals surface area contributed by atoms with Crippen molar-refractivity contribution in [1.82, 2.24) is 5.32 Å². The van der Waals surface area contributed by atoms with Crippen LogP contribution in [0, 0.1) is 10.8 Å². The fraction of sp³-hybridized carbons (Fsp3) is 0.600. The van der Waals surface area contributed by atoms with E-state index < -0.39 is 26.0 Å². The number of carbonyl (C=O) groups is 2. The van der Waals surface area contributed by atoms with Gasteiger partial charge in [-0.2, -0.15) is 4.31 Å². The van der Waals surface area contributed by atoms with Crippen molar-refractivity contribution in [3.63, 3.8) is 0 Å². The molecule has 0 bridgehead atoms. The van der Waals surface area contributed by atoms with Crippen LogP contribution in [0.2, 0.25) is 0 Å². The first kappa shape index (κ1) is 44.8. The van der Waals surface area contributed by atoms with Gasteiger partial charge in [0.15, 0.2) is 0 Å². The van der Waals surface area contributed by atoms with E-state index >= 15 is 0 Å². The van der Waals surface area contributed by atoms with Crippen LogP contribution in [0.3, 0.4) is 0 Å². The zero-order valence-corrected chi connectivity index (χ0v) is 34.4. The normalized spacial score (nSPS) is 13.2. The lowest BCUT2D eigenvalue weighted by molar-refractivity contribution is -0.122. The fourth-order valence-electron chi connectivity index (χ4n) is 6.03. The Morgan fingerprint density at radius 2 is 1.04 bits per heavy atom. The Labute approximate surface area is 301 Å². The molecule has 0 spiro atoms. The van der Waals surface area contributed by atoms with Gasteiger partial charge in [0, 0.05) is 0 Å². The van der Waals surface area contributed by atoms with E-state index in [1.165, 1.54) is 0 Å². The van der Waals surface area contributed by atoms with Gasteiger partial charge in [-0.15, -0.1) is 0 Å². The highest BCUT2D eigenvalue weighted by Crippen LogP contribution is 2.60. The third kappa shape index (κ3) is 16.1. The van der Waals surface area contributed by atoms with Gasteiger partial charge in [-0.1, -0.05) is 123 Å². The molecule has 0 atom stereocenters. The van der Waals surface area contributed by atoms with Crippen LogP contribution in [-0.4, -0.2) is 26.0 Å². The maximum atomic E-state index is 13.3. The lowest BCUT2D eigenvalue weighted by Crippen LogP contribution is -2.46. The minimum Gasteiger partial charge on any atom is -0.395 e. The van der Waals surface area contributed by atoms with Crippen LogP contribution < -0.4 is 20.1 Å². The summed E-state index contributed by atoms with van der Waals surface area (Å²) in [5.74, 6) is -0.162. The Morgan fingerprint density at radius 1 is 0.714 bits per heavy atom. The number of alkyl halides is 1. The van der Waals surface area contributed by atoms with Crippen molar-refractivity contribution in [3.8, 4) is 11.5 Å². The van der Waals surface area contributed by atoms with Crippen LogP contribution in [0.5, 0.6) is 11.5 Å². The zero-order chi connectivity index (χ0) is 38.3. The van der Waals surface area contributed by atoms with Crippen molar-refractivity contribution in [2.24, 2.45) is 16.6 Å². The molecule has 2 aromatic rings. The Kier molecular flexibility index (Phi) is 15.4. The van der Waals surface area contributed by atoms with Gasteiger partial charge in [0.05, 0.1) is 0 Å². The van der Waals surface area contributed by atoms with Crippen molar-refractivity contribution in [3.05, 3.63) is 59.7 Å². The van der Waals surface area contributed by atoms with E-state index in [1.54, 1.807) is 24.3 Å². The van der Waals surface area contributed by atoms with Crippen LogP contribution >= 0.6 is 31.6 Å². The van der Waals surface area contributed by atoms with E-state index in [0.717, 1.165) is 24.0 Å². The smallest absolute Gasteiger partial charge is 0.395 e. The van der Waals surface area contributed by atoms with Crippen LogP contribution in [-0.2, 0) is 29.1 Å². The van der Waals surface area contributed by atoms with E-state index in [2.05, 4.69) is 89.5 Å². The molecule has 3 amide bonds. The number of nitrogens with two attached hydrogens (primary N) is 1. The molecular formula is C35H57BrN2O9P2. The summed E-state index contributed by atoms with van der Waals surface area (Å²) in [6, 6.07) is 12.9. The Hall–Kier alpha value is -2.20. The average molecular weight is 792 g/mol. The molecule has 2 aromatic carbocycles. The number of hydrogen-bond acceptors (Lipinski definition) is 7. The lowest BCUT2D eigenvalue weighted by atomic mass is 9.72. The number of halogens is 1. The molecule has 278 valence electrons. The highest BCUT2D eigenvalue weighted by atomic mass is 79.9. The third-order valence-electron chi connectivity index (χ3n) is 7.62. The van der Waals surface area contributed by atoms with Crippen molar-refractivity contribution in [2.45, 2.75) is 124 Å². The number of primary amides is 1. The minimum absolute atomic E-state index is 0.107. The van der Waals surface area contributed by atoms with Gasteiger partial charge in [-0.3, -0.25) is 10.1 Å². The van der Waals surface area contributed by atoms with Gasteiger partial charge in [-0.25, -0.2) is 13.9 Å². The topological polar surface area (TPSA) is 174 Å². The SMILES string of the molecule is CC(C)(C)CC(C)(C)c1ccc(OP(=O)(Oc2ccc(C(C)(C)CC(C)(C)C)cc2)OP(=O)(O)O)cc1.CCC(Br)(CC)C(=O)NC(N)=O. The second-order valence-electron chi connectivity index (χ2n) is 16.0. The molecule has 2 rings (SSSR count). The summed E-state index contributed by atoms with van der Waals surface area (Å²) in [4.78, 5) is 40.4. The van der Waals surface area contributed by atoms with Crippen LogP contribution in [0.4, 0.5) is 4.79 Å². The molecule has 5 N–H and O–H groups in total. The number of urea groups is 1. The first-order valence-electron chi connectivity index (χ1n) is 16.2. The molecule has 0 aliphatic rings. The van der Waals surface area contributed by atoms with Gasteiger partial charge in [0.25, 0.3) is 0 Å². The van der Waals surface area contributed by atoms with Crippen molar-refractivity contribution in [2.75, 3.05) is 0 Å². The Bertz CT molecular complexity index is 1410. The standard InChI is InChI=1S/C28H44O7P2.C7H13BrN2O2/c1-25(2,3)19-27(7,8)21-11-15-23(16-12-21)33-37(32,35-36(29,30)31)34-24-17-13-22(14-18-24)28(9,10)20-26(4,5)6;1-3-7(8,4-2)5(11)10-6(9)12/h11-18H,19-20H2,1-10H3,(H2,29,30,31);3-4H2,1-2H3,(H3,9,10,11,12). The molecule has 0 aliphatic carbocycles. The number of carbonyl (C=O) groups excluding carboxylic acids is 2. The summed E-state index contributed by atoms with van der Waals surface area (Å²) in [7, 11) is -9.92. The van der Waals surface area contributed by atoms with Crippen LogP contribution in [0.25, 0.3) is 0 Å². The monoisotopic (exact) mass is 790 g/mol. The van der Waals surface area contributed by atoms with E-state index in [0.29, 0.717) is 12.8 Å². The fourth-order valence-corrected chi connectivity index (χ4v) is 8.23. The van der Waals surface area contributed by atoms with E-state index in [4.69, 9.17) is 14.8 Å². The number of rotatable bonds is 13. The van der Waals surface area contributed by atoms with Gasteiger partial charge < -0.3 is 24.6 Å². The number of amides is 3. The summed E-state index contributed by atoms with van der Waals surface area (Å²) in [6.07, 6.45) is 3.10. The second-order valence-corrected chi connectivity index (χ2v) is 20.4. The summed E-state index contributed by atoms with van der Waals surface area (Å²) in [6.45, 7) is 25.4. The highest BCUT2D eigenvalue weighted by molar-refractivity contribution is 9.10. The molecular weight excluding hydrogens is 734 g/mol. The molecule has 0 radical (unpaired) electrons. The quantitative estimate of drug-likeness (QED) is 0.114. The summed E-state index contributed by atoms with van der Waals surface area (Å²) >= 11 is 3.26. The van der Waals surface area contributed by atoms with E-state index in [-0.39, 0.29) is 39.1 Å². The number of phosphoric acid groups is 2. The molecule has 0 fully saturated rings. The molecule has 0 aliphatic heterocycles. The van der Waals surface area contributed by atoms with E-state index in [1.807, 2.05) is 43.4 Å². The van der Waals surface area contributed by atoms with Crippen LogP contribution in [0.15, 0.2) is 48.5 Å². The predicted molar refractivity (Wildman–Crippen MR) is 199 cm³/mol. The largest absolute Gasteiger partial charge is 0.596 e. The molecule has 0 saturated carbocycles. The lowest BCUT2D eigenvalue weighted by Gasteiger charge is -2.33. The number of imide groups is 1. The second kappa shape index (κ2) is 16.9. The molecule has 0 unspecified atom stereocenters. The predicted octanol–water partition coefficient (Wildman–Crippen LogP) is 9.92. The molecule has 49 heavy (non-hydrogen) atoms. The summed E-state index contributed by atoms with van der Waals surface area (Å²) in [5.41, 5.74) is 6.91. The molecule has 11 nitrogen and oxygen atoms in total. The Balaban J connectivity index is 0.000000849. The molecule has 14 heteroatoms. The van der Waals surface area contributed by atoms with Gasteiger partial charge in [0.2, 0.25) is 5.91 Å². The number of nitrogens with one attached hydrogen (secondary N) is 1. The van der Waals surface area contributed by atoms with Crippen molar-refractivity contribution >= 4 is 43.5 Å². The molecule has 0 saturated heterocycles. The number of benzene rings is 2. The first-order chi connectivity index (χ1) is 21.9. The van der Waals surface area contributed by atoms with Crippen molar-refractivity contribution < 1.29 is 41.9 Å². The van der Waals surface area contributed by atoms with E-state index in [9.17, 15) is 28.5 Å². The zero-order valence-electron chi connectivity index (χ0n) is 31.0. The van der Waals surface area contributed by atoms with Gasteiger partial charge >= 0.3 is 21.7 Å². The average Bonchev–Trinajstić information content (AvgIpc) is 2.89. The number of hydrogen-bond donors (Lipinski definition) is 4.